The number of carbonyl (C=O) groups is 1. The normalized spacial score (nSPS) is 16.8. The lowest BCUT2D eigenvalue weighted by atomic mass is 9.84. The van der Waals surface area contributed by atoms with Crippen LogP contribution in [0.2, 0.25) is 0 Å². The summed E-state index contributed by atoms with van der Waals surface area (Å²) in [6, 6.07) is 8.69. The van der Waals surface area contributed by atoms with Gasteiger partial charge in [-0.2, -0.15) is 5.10 Å². The fourth-order valence-electron chi connectivity index (χ4n) is 3.06. The first-order valence-corrected chi connectivity index (χ1v) is 8.49. The molecule has 0 bridgehead atoms. The maximum atomic E-state index is 11.6. The topological polar surface area (TPSA) is 41.5 Å². The molecule has 0 atom stereocenters. The molecule has 120 valence electrons. The van der Waals surface area contributed by atoms with Crippen molar-refractivity contribution >= 4 is 11.6 Å². The van der Waals surface area contributed by atoms with E-state index in [2.05, 4.69) is 34.8 Å². The van der Waals surface area contributed by atoms with Gasteiger partial charge in [-0.15, -0.1) is 0 Å². The predicted octanol–water partition coefficient (Wildman–Crippen LogP) is 4.62. The van der Waals surface area contributed by atoms with Crippen molar-refractivity contribution in [2.75, 3.05) is 0 Å². The second-order valence-electron chi connectivity index (χ2n) is 6.79. The molecule has 1 aliphatic carbocycles. The number of rotatable bonds is 5. The van der Waals surface area contributed by atoms with Crippen LogP contribution in [0, 0.1) is 5.92 Å². The zero-order valence-corrected chi connectivity index (χ0v) is 14.1. The van der Waals surface area contributed by atoms with E-state index in [1.54, 1.807) is 0 Å². The fourth-order valence-corrected chi connectivity index (χ4v) is 3.06. The largest absolute Gasteiger partial charge is 0.273 e. The molecule has 0 saturated heterocycles. The summed E-state index contributed by atoms with van der Waals surface area (Å²) in [5, 5.41) is 4.21. The van der Waals surface area contributed by atoms with Crippen molar-refractivity contribution in [3.8, 4) is 0 Å². The van der Waals surface area contributed by atoms with E-state index in [1.165, 1.54) is 37.7 Å². The Hall–Kier alpha value is -1.64. The van der Waals surface area contributed by atoms with Crippen LogP contribution in [0.3, 0.4) is 0 Å². The quantitative estimate of drug-likeness (QED) is 0.625. The maximum absolute atomic E-state index is 11.6. The molecule has 0 unspecified atom stereocenters. The Bertz CT molecular complexity index is 511. The number of hydrogen-bond donors (Lipinski definition) is 1. The molecule has 1 saturated carbocycles. The van der Waals surface area contributed by atoms with Gasteiger partial charge < -0.3 is 0 Å². The van der Waals surface area contributed by atoms with Crippen LogP contribution in [-0.4, -0.2) is 11.6 Å². The van der Waals surface area contributed by atoms with Crippen molar-refractivity contribution in [3.05, 3.63) is 35.4 Å². The highest BCUT2D eigenvalue weighted by Crippen LogP contribution is 2.32. The van der Waals surface area contributed by atoms with Crippen LogP contribution in [-0.2, 0) is 4.79 Å². The van der Waals surface area contributed by atoms with Gasteiger partial charge in [-0.05, 0) is 42.7 Å². The molecule has 3 nitrogen and oxygen atoms in total. The van der Waals surface area contributed by atoms with Crippen LogP contribution >= 0.6 is 0 Å². The van der Waals surface area contributed by atoms with E-state index in [9.17, 15) is 4.79 Å². The summed E-state index contributed by atoms with van der Waals surface area (Å²) in [4.78, 5) is 11.6. The van der Waals surface area contributed by atoms with Crippen molar-refractivity contribution < 1.29 is 4.79 Å². The second-order valence-corrected chi connectivity index (χ2v) is 6.79. The molecule has 1 aromatic carbocycles. The zero-order chi connectivity index (χ0) is 15.9. The molecule has 1 aromatic rings. The third-order valence-electron chi connectivity index (χ3n) is 4.35. The van der Waals surface area contributed by atoms with Gasteiger partial charge in [-0.25, -0.2) is 5.43 Å². The number of benzene rings is 1. The smallest absolute Gasteiger partial charge is 0.240 e. The van der Waals surface area contributed by atoms with Gasteiger partial charge in [0.15, 0.2) is 0 Å². The van der Waals surface area contributed by atoms with Crippen molar-refractivity contribution in [1.29, 1.82) is 0 Å². The van der Waals surface area contributed by atoms with Gasteiger partial charge in [-0.1, -0.05) is 57.4 Å². The maximum Gasteiger partial charge on any atom is 0.240 e. The number of carbonyl (C=O) groups excluding carboxylic acids is 1. The fraction of sp³-hybridized carbons (Fsp3) is 0.579. The summed E-state index contributed by atoms with van der Waals surface area (Å²) in [5.41, 5.74) is 6.01. The van der Waals surface area contributed by atoms with Gasteiger partial charge in [0.25, 0.3) is 0 Å². The first-order chi connectivity index (χ1) is 10.6. The number of nitrogens with zero attached hydrogens (tertiary/aromatic N) is 1. The van der Waals surface area contributed by atoms with E-state index >= 15 is 0 Å². The summed E-state index contributed by atoms with van der Waals surface area (Å²) in [7, 11) is 0. The molecular formula is C19H28N2O. The van der Waals surface area contributed by atoms with Gasteiger partial charge >= 0.3 is 0 Å². The zero-order valence-electron chi connectivity index (χ0n) is 14.1. The highest BCUT2D eigenvalue weighted by atomic mass is 16.2. The average Bonchev–Trinajstić information content (AvgIpc) is 2.53. The minimum atomic E-state index is -0.0202. The third-order valence-corrected chi connectivity index (χ3v) is 4.35. The number of hydrogen-bond acceptors (Lipinski definition) is 2. The average molecular weight is 300 g/mol. The number of amides is 1. The Balaban J connectivity index is 1.95. The van der Waals surface area contributed by atoms with E-state index in [0.29, 0.717) is 12.3 Å². The summed E-state index contributed by atoms with van der Waals surface area (Å²) < 4.78 is 0. The van der Waals surface area contributed by atoms with Crippen LogP contribution < -0.4 is 5.43 Å². The summed E-state index contributed by atoms with van der Waals surface area (Å²) >= 11 is 0. The molecule has 3 heteroatoms. The Morgan fingerprint density at radius 3 is 2.41 bits per heavy atom. The van der Waals surface area contributed by atoms with E-state index in [0.717, 1.165) is 17.2 Å². The summed E-state index contributed by atoms with van der Waals surface area (Å²) in [6.07, 6.45) is 7.24. The Morgan fingerprint density at radius 2 is 1.82 bits per heavy atom. The van der Waals surface area contributed by atoms with E-state index < -0.39 is 0 Å². The SMILES string of the molecule is C/C(=N\NC(=O)CC(C)C)c1ccc(C2CCCCC2)cc1. The van der Waals surface area contributed by atoms with Gasteiger partial charge in [-0.3, -0.25) is 4.79 Å². The molecule has 0 aliphatic heterocycles. The third kappa shape index (κ3) is 4.97. The van der Waals surface area contributed by atoms with Crippen molar-refractivity contribution in [2.24, 2.45) is 11.0 Å². The minimum absolute atomic E-state index is 0.0202. The monoisotopic (exact) mass is 300 g/mol. The molecular weight excluding hydrogens is 272 g/mol. The lowest BCUT2D eigenvalue weighted by molar-refractivity contribution is -0.121. The molecule has 1 amide bonds. The molecule has 1 aliphatic rings. The molecule has 0 spiro atoms. The number of hydrazone groups is 1. The lowest BCUT2D eigenvalue weighted by Crippen LogP contribution is -2.20. The molecule has 0 heterocycles. The Kier molecular flexibility index (Phi) is 6.17. The van der Waals surface area contributed by atoms with Crippen LogP contribution in [0.1, 0.15) is 76.3 Å². The van der Waals surface area contributed by atoms with Crippen LogP contribution in [0.15, 0.2) is 29.4 Å². The molecule has 22 heavy (non-hydrogen) atoms. The van der Waals surface area contributed by atoms with Crippen molar-refractivity contribution in [2.45, 2.75) is 65.2 Å². The summed E-state index contributed by atoms with van der Waals surface area (Å²) in [6.45, 7) is 5.99. The summed E-state index contributed by atoms with van der Waals surface area (Å²) in [5.74, 6) is 1.06. The van der Waals surface area contributed by atoms with Crippen LogP contribution in [0.25, 0.3) is 0 Å². The Labute approximate surface area is 134 Å². The molecule has 1 fully saturated rings. The van der Waals surface area contributed by atoms with Gasteiger partial charge in [0.05, 0.1) is 5.71 Å². The van der Waals surface area contributed by atoms with Gasteiger partial charge in [0.1, 0.15) is 0 Å². The van der Waals surface area contributed by atoms with Gasteiger partial charge in [0, 0.05) is 6.42 Å². The first kappa shape index (κ1) is 16.7. The molecule has 2 rings (SSSR count). The minimum Gasteiger partial charge on any atom is -0.273 e. The van der Waals surface area contributed by atoms with Crippen LogP contribution in [0.4, 0.5) is 0 Å². The second kappa shape index (κ2) is 8.11. The predicted molar refractivity (Wildman–Crippen MR) is 92.1 cm³/mol. The van der Waals surface area contributed by atoms with Gasteiger partial charge in [0.2, 0.25) is 5.91 Å². The highest BCUT2D eigenvalue weighted by molar-refractivity contribution is 5.99. The molecule has 1 N–H and O–H groups in total. The van der Waals surface area contributed by atoms with E-state index in [4.69, 9.17) is 0 Å². The first-order valence-electron chi connectivity index (χ1n) is 8.49. The van der Waals surface area contributed by atoms with E-state index in [1.807, 2.05) is 20.8 Å². The van der Waals surface area contributed by atoms with Crippen molar-refractivity contribution in [3.63, 3.8) is 0 Å². The Morgan fingerprint density at radius 1 is 1.18 bits per heavy atom. The van der Waals surface area contributed by atoms with Crippen LogP contribution in [0.5, 0.6) is 0 Å². The van der Waals surface area contributed by atoms with Crippen molar-refractivity contribution in [1.82, 2.24) is 5.43 Å². The molecule has 0 radical (unpaired) electrons. The standard InChI is InChI=1S/C19H28N2O/c1-14(2)13-19(22)21-20-15(3)16-9-11-18(12-10-16)17-7-5-4-6-8-17/h9-12,14,17H,4-8,13H2,1-3H3,(H,21,22)/b20-15+. The number of nitrogens with one attached hydrogen (secondary N) is 1. The molecule has 0 aromatic heterocycles. The van der Waals surface area contributed by atoms with E-state index in [-0.39, 0.29) is 5.91 Å². The highest BCUT2D eigenvalue weighted by Gasteiger charge is 2.15. The lowest BCUT2D eigenvalue weighted by Gasteiger charge is -2.22.